The van der Waals surface area contributed by atoms with Crippen molar-refractivity contribution >= 4 is 17.7 Å². The number of hydrogen-bond donors (Lipinski definition) is 1. The molecule has 88 valence electrons. The van der Waals surface area contributed by atoms with Crippen LogP contribution >= 0.6 is 11.8 Å². The summed E-state index contributed by atoms with van der Waals surface area (Å²) >= 11 is 1.81. The van der Waals surface area contributed by atoms with Gasteiger partial charge in [-0.2, -0.15) is 11.8 Å². The number of carboxylic acids is 1. The largest absolute Gasteiger partial charge is 0.481 e. The van der Waals surface area contributed by atoms with Gasteiger partial charge in [-0.1, -0.05) is 24.3 Å². The van der Waals surface area contributed by atoms with Crippen LogP contribution in [0.25, 0.3) is 0 Å². The third-order valence-corrected chi connectivity index (χ3v) is 3.07. The van der Waals surface area contributed by atoms with Gasteiger partial charge < -0.3 is 9.84 Å². The van der Waals surface area contributed by atoms with E-state index in [0.29, 0.717) is 0 Å². The number of aliphatic carboxylic acids is 1. The van der Waals surface area contributed by atoms with E-state index in [1.807, 2.05) is 36.0 Å². The van der Waals surface area contributed by atoms with Crippen molar-refractivity contribution in [2.75, 3.05) is 19.5 Å². The van der Waals surface area contributed by atoms with E-state index in [-0.39, 0.29) is 6.42 Å². The molecule has 0 radical (unpaired) electrons. The van der Waals surface area contributed by atoms with Gasteiger partial charge in [0.15, 0.2) is 0 Å². The Balaban J connectivity index is 2.36. The Labute approximate surface area is 99.8 Å². The fraction of sp³-hybridized carbons (Fsp3) is 0.417. The van der Waals surface area contributed by atoms with E-state index < -0.39 is 5.97 Å². The van der Waals surface area contributed by atoms with Crippen molar-refractivity contribution in [2.45, 2.75) is 12.2 Å². The average molecular weight is 240 g/mol. The molecule has 1 N–H and O–H groups in total. The lowest BCUT2D eigenvalue weighted by molar-refractivity contribution is -0.136. The Bertz CT molecular complexity index is 322. The number of ether oxygens (including phenoxy) is 1. The van der Waals surface area contributed by atoms with E-state index in [2.05, 4.69) is 0 Å². The third-order valence-electron chi connectivity index (χ3n) is 2.08. The van der Waals surface area contributed by atoms with Gasteiger partial charge in [0.1, 0.15) is 0 Å². The molecule has 0 saturated heterocycles. The van der Waals surface area contributed by atoms with E-state index >= 15 is 0 Å². The van der Waals surface area contributed by atoms with E-state index in [1.165, 1.54) is 5.56 Å². The highest BCUT2D eigenvalue weighted by molar-refractivity contribution is 7.98. The molecule has 1 rings (SSSR count). The number of benzene rings is 1. The van der Waals surface area contributed by atoms with E-state index in [4.69, 9.17) is 9.84 Å². The summed E-state index contributed by atoms with van der Waals surface area (Å²) in [4.78, 5) is 10.5. The predicted molar refractivity (Wildman–Crippen MR) is 65.8 cm³/mol. The van der Waals surface area contributed by atoms with Gasteiger partial charge in [-0.25, -0.2) is 0 Å². The Hall–Kier alpha value is -1.00. The minimum atomic E-state index is -0.790. The van der Waals surface area contributed by atoms with Crippen molar-refractivity contribution in [3.8, 4) is 0 Å². The maximum atomic E-state index is 10.5. The number of carbonyl (C=O) groups is 1. The zero-order chi connectivity index (χ0) is 11.8. The van der Waals surface area contributed by atoms with Gasteiger partial charge in [0.05, 0.1) is 13.0 Å². The smallest absolute Gasteiger partial charge is 0.307 e. The lowest BCUT2D eigenvalue weighted by Crippen LogP contribution is -1.99. The highest BCUT2D eigenvalue weighted by atomic mass is 32.2. The summed E-state index contributed by atoms with van der Waals surface area (Å²) in [7, 11) is 1.70. The SMILES string of the molecule is COCCSCc1ccc(CC(=O)O)cc1. The molecule has 0 aliphatic rings. The van der Waals surface area contributed by atoms with E-state index in [1.54, 1.807) is 7.11 Å². The summed E-state index contributed by atoms with van der Waals surface area (Å²) < 4.78 is 4.96. The molecule has 0 unspecified atom stereocenters. The molecule has 0 bridgehead atoms. The first-order chi connectivity index (χ1) is 7.72. The van der Waals surface area contributed by atoms with Crippen LogP contribution < -0.4 is 0 Å². The molecule has 0 fully saturated rings. The van der Waals surface area contributed by atoms with Crippen LogP contribution in [-0.2, 0) is 21.7 Å². The summed E-state index contributed by atoms with van der Waals surface area (Å²) in [5, 5.41) is 8.62. The van der Waals surface area contributed by atoms with Crippen LogP contribution in [0.1, 0.15) is 11.1 Å². The average Bonchev–Trinajstić information content (AvgIpc) is 2.26. The molecule has 4 heteroatoms. The number of rotatable bonds is 7. The molecule has 0 saturated carbocycles. The lowest BCUT2D eigenvalue weighted by atomic mass is 10.1. The van der Waals surface area contributed by atoms with Gasteiger partial charge in [0.25, 0.3) is 0 Å². The molecular weight excluding hydrogens is 224 g/mol. The Kier molecular flexibility index (Phi) is 5.96. The summed E-state index contributed by atoms with van der Waals surface area (Å²) in [6, 6.07) is 7.72. The highest BCUT2D eigenvalue weighted by Gasteiger charge is 2.00. The first-order valence-electron chi connectivity index (χ1n) is 5.08. The highest BCUT2D eigenvalue weighted by Crippen LogP contribution is 2.13. The van der Waals surface area contributed by atoms with Crippen molar-refractivity contribution in [2.24, 2.45) is 0 Å². The van der Waals surface area contributed by atoms with E-state index in [0.717, 1.165) is 23.7 Å². The maximum Gasteiger partial charge on any atom is 0.307 e. The molecule has 0 spiro atoms. The zero-order valence-electron chi connectivity index (χ0n) is 9.31. The van der Waals surface area contributed by atoms with Gasteiger partial charge in [-0.3, -0.25) is 4.79 Å². The Morgan fingerprint density at radius 3 is 2.50 bits per heavy atom. The van der Waals surface area contributed by atoms with Crippen molar-refractivity contribution in [3.63, 3.8) is 0 Å². The van der Waals surface area contributed by atoms with Crippen molar-refractivity contribution < 1.29 is 14.6 Å². The van der Waals surface area contributed by atoms with Crippen LogP contribution in [0, 0.1) is 0 Å². The molecular formula is C12H16O3S. The van der Waals surface area contributed by atoms with Crippen molar-refractivity contribution in [3.05, 3.63) is 35.4 Å². The molecule has 16 heavy (non-hydrogen) atoms. The van der Waals surface area contributed by atoms with Crippen LogP contribution in [0.3, 0.4) is 0 Å². The maximum absolute atomic E-state index is 10.5. The molecule has 3 nitrogen and oxygen atoms in total. The fourth-order valence-corrected chi connectivity index (χ4v) is 2.12. The van der Waals surface area contributed by atoms with Gasteiger partial charge >= 0.3 is 5.97 Å². The Morgan fingerprint density at radius 1 is 1.31 bits per heavy atom. The standard InChI is InChI=1S/C12H16O3S/c1-15-6-7-16-9-11-4-2-10(3-5-11)8-12(13)14/h2-5H,6-9H2,1H3,(H,13,14). The Morgan fingerprint density at radius 2 is 1.94 bits per heavy atom. The van der Waals surface area contributed by atoms with E-state index in [9.17, 15) is 4.79 Å². The number of thioether (sulfide) groups is 1. The first-order valence-corrected chi connectivity index (χ1v) is 6.24. The van der Waals surface area contributed by atoms with Crippen LogP contribution in [0.2, 0.25) is 0 Å². The molecule has 0 aliphatic heterocycles. The van der Waals surface area contributed by atoms with Crippen molar-refractivity contribution in [1.82, 2.24) is 0 Å². The molecule has 0 aliphatic carbocycles. The van der Waals surface area contributed by atoms with Crippen molar-refractivity contribution in [1.29, 1.82) is 0 Å². The van der Waals surface area contributed by atoms with Gasteiger partial charge in [0.2, 0.25) is 0 Å². The lowest BCUT2D eigenvalue weighted by Gasteiger charge is -2.03. The second-order valence-electron chi connectivity index (χ2n) is 3.43. The zero-order valence-corrected chi connectivity index (χ0v) is 10.1. The number of methoxy groups -OCH3 is 1. The fourth-order valence-electron chi connectivity index (χ4n) is 1.26. The summed E-state index contributed by atoms with van der Waals surface area (Å²) in [5.74, 6) is 1.13. The quantitative estimate of drug-likeness (QED) is 0.742. The van der Waals surface area contributed by atoms with Gasteiger partial charge in [0, 0.05) is 18.6 Å². The number of hydrogen-bond acceptors (Lipinski definition) is 3. The minimum absolute atomic E-state index is 0.0943. The molecule has 0 aromatic heterocycles. The molecule has 0 heterocycles. The molecule has 0 atom stereocenters. The third kappa shape index (κ3) is 5.19. The predicted octanol–water partition coefficient (Wildman–Crippen LogP) is 2.19. The second-order valence-corrected chi connectivity index (χ2v) is 4.54. The molecule has 1 aromatic rings. The van der Waals surface area contributed by atoms with Gasteiger partial charge in [-0.05, 0) is 11.1 Å². The second kappa shape index (κ2) is 7.30. The first kappa shape index (κ1) is 13.1. The summed E-state index contributed by atoms with van der Waals surface area (Å²) in [6.07, 6.45) is 0.0943. The summed E-state index contributed by atoms with van der Waals surface area (Å²) in [6.45, 7) is 0.766. The minimum Gasteiger partial charge on any atom is -0.481 e. The van der Waals surface area contributed by atoms with Crippen LogP contribution in [0.4, 0.5) is 0 Å². The summed E-state index contributed by atoms with van der Waals surface area (Å²) in [5.41, 5.74) is 2.06. The number of carboxylic acid groups (broad SMARTS) is 1. The monoisotopic (exact) mass is 240 g/mol. The topological polar surface area (TPSA) is 46.5 Å². The van der Waals surface area contributed by atoms with Crippen LogP contribution in [0.15, 0.2) is 24.3 Å². The van der Waals surface area contributed by atoms with Gasteiger partial charge in [-0.15, -0.1) is 0 Å². The van der Waals surface area contributed by atoms with Crippen LogP contribution in [-0.4, -0.2) is 30.5 Å². The molecule has 1 aromatic carbocycles. The normalized spacial score (nSPS) is 10.3. The van der Waals surface area contributed by atoms with Crippen LogP contribution in [0.5, 0.6) is 0 Å². The molecule has 0 amide bonds.